The Kier molecular flexibility index (Phi) is 2.20. The van der Waals surface area contributed by atoms with Crippen molar-refractivity contribution >= 4 is 10.9 Å². The van der Waals surface area contributed by atoms with Gasteiger partial charge in [-0.3, -0.25) is 0 Å². The van der Waals surface area contributed by atoms with Crippen molar-refractivity contribution < 1.29 is 4.42 Å². The molecule has 0 aliphatic heterocycles. The number of nitriles is 1. The second-order valence-electron chi connectivity index (χ2n) is 3.91. The number of hydrogen-bond acceptors (Lipinski definition) is 2. The highest BCUT2D eigenvalue weighted by molar-refractivity contribution is 5.81. The molecule has 2 heterocycles. The maximum absolute atomic E-state index is 8.90. The van der Waals surface area contributed by atoms with E-state index < -0.39 is 0 Å². The predicted molar refractivity (Wildman–Crippen MR) is 64.5 cm³/mol. The van der Waals surface area contributed by atoms with E-state index in [1.54, 1.807) is 6.26 Å². The van der Waals surface area contributed by atoms with Crippen molar-refractivity contribution in [2.45, 2.75) is 6.54 Å². The van der Waals surface area contributed by atoms with Gasteiger partial charge in [0.05, 0.1) is 24.4 Å². The SMILES string of the molecule is N#Cc1ccc2ccn(Cc3ccco3)c2c1. The van der Waals surface area contributed by atoms with Crippen LogP contribution in [0.25, 0.3) is 10.9 Å². The molecule has 3 aromatic rings. The summed E-state index contributed by atoms with van der Waals surface area (Å²) < 4.78 is 7.40. The van der Waals surface area contributed by atoms with Crippen LogP contribution in [-0.4, -0.2) is 4.57 Å². The quantitative estimate of drug-likeness (QED) is 0.668. The lowest BCUT2D eigenvalue weighted by molar-refractivity contribution is 0.497. The van der Waals surface area contributed by atoms with Crippen LogP contribution in [0.4, 0.5) is 0 Å². The van der Waals surface area contributed by atoms with E-state index in [4.69, 9.17) is 9.68 Å². The van der Waals surface area contributed by atoms with Crippen LogP contribution in [-0.2, 0) is 6.54 Å². The van der Waals surface area contributed by atoms with Crippen molar-refractivity contribution in [3.63, 3.8) is 0 Å². The zero-order valence-corrected chi connectivity index (χ0v) is 9.13. The van der Waals surface area contributed by atoms with Gasteiger partial charge in [0, 0.05) is 11.7 Å². The van der Waals surface area contributed by atoms with E-state index in [1.807, 2.05) is 42.6 Å². The van der Waals surface area contributed by atoms with Crippen molar-refractivity contribution in [3.05, 3.63) is 60.2 Å². The first-order valence-corrected chi connectivity index (χ1v) is 5.38. The fourth-order valence-corrected chi connectivity index (χ4v) is 1.96. The minimum absolute atomic E-state index is 0.678. The second kappa shape index (κ2) is 3.84. The fraction of sp³-hybridized carbons (Fsp3) is 0.0714. The molecule has 0 spiro atoms. The van der Waals surface area contributed by atoms with E-state index in [-0.39, 0.29) is 0 Å². The molecule has 0 atom stereocenters. The normalized spacial score (nSPS) is 10.5. The van der Waals surface area contributed by atoms with Gasteiger partial charge in [-0.05, 0) is 35.7 Å². The first-order valence-electron chi connectivity index (χ1n) is 5.38. The molecule has 0 unspecified atom stereocenters. The van der Waals surface area contributed by atoms with Crippen LogP contribution in [0.3, 0.4) is 0 Å². The van der Waals surface area contributed by atoms with Crippen LogP contribution in [0.1, 0.15) is 11.3 Å². The van der Waals surface area contributed by atoms with Gasteiger partial charge in [-0.1, -0.05) is 6.07 Å². The molecule has 0 aliphatic rings. The predicted octanol–water partition coefficient (Wildman–Crippen LogP) is 3.15. The average molecular weight is 222 g/mol. The molecular formula is C14H10N2O. The van der Waals surface area contributed by atoms with Crippen LogP contribution in [0.5, 0.6) is 0 Å². The Labute approximate surface area is 98.5 Å². The van der Waals surface area contributed by atoms with Crippen LogP contribution in [0.15, 0.2) is 53.3 Å². The molecule has 0 amide bonds. The number of rotatable bonds is 2. The van der Waals surface area contributed by atoms with Gasteiger partial charge in [0.2, 0.25) is 0 Å². The van der Waals surface area contributed by atoms with Gasteiger partial charge in [-0.25, -0.2) is 0 Å². The summed E-state index contributed by atoms with van der Waals surface area (Å²) in [5, 5.41) is 10.0. The Morgan fingerprint density at radius 3 is 2.94 bits per heavy atom. The topological polar surface area (TPSA) is 41.9 Å². The van der Waals surface area contributed by atoms with Crippen LogP contribution in [0.2, 0.25) is 0 Å². The zero-order valence-electron chi connectivity index (χ0n) is 9.13. The molecule has 0 fully saturated rings. The molecule has 0 saturated heterocycles. The second-order valence-corrected chi connectivity index (χ2v) is 3.91. The van der Waals surface area contributed by atoms with E-state index in [2.05, 4.69) is 10.6 Å². The molecule has 3 rings (SSSR count). The summed E-state index contributed by atoms with van der Waals surface area (Å²) >= 11 is 0. The Bertz CT molecular complexity index is 687. The maximum Gasteiger partial charge on any atom is 0.123 e. The first kappa shape index (κ1) is 9.73. The summed E-state index contributed by atoms with van der Waals surface area (Å²) in [6.07, 6.45) is 3.68. The minimum Gasteiger partial charge on any atom is -0.467 e. The molecule has 82 valence electrons. The Morgan fingerprint density at radius 2 is 2.18 bits per heavy atom. The van der Waals surface area contributed by atoms with E-state index in [0.29, 0.717) is 12.1 Å². The highest BCUT2D eigenvalue weighted by Crippen LogP contribution is 2.18. The summed E-state index contributed by atoms with van der Waals surface area (Å²) in [4.78, 5) is 0. The minimum atomic E-state index is 0.678. The van der Waals surface area contributed by atoms with Gasteiger partial charge in [-0.2, -0.15) is 5.26 Å². The molecule has 0 aliphatic carbocycles. The third kappa shape index (κ3) is 1.70. The van der Waals surface area contributed by atoms with Crippen molar-refractivity contribution in [1.82, 2.24) is 4.57 Å². The number of fused-ring (bicyclic) bond motifs is 1. The number of furan rings is 1. The van der Waals surface area contributed by atoms with Crippen LogP contribution >= 0.6 is 0 Å². The Morgan fingerprint density at radius 1 is 1.24 bits per heavy atom. The Balaban J connectivity index is 2.08. The number of aromatic nitrogens is 1. The standard InChI is InChI=1S/C14H10N2O/c15-9-11-3-4-12-5-6-16(14(12)8-11)10-13-2-1-7-17-13/h1-8H,10H2. The summed E-state index contributed by atoms with van der Waals surface area (Å²) in [6.45, 7) is 0.686. The summed E-state index contributed by atoms with van der Waals surface area (Å²) in [6, 6.07) is 13.7. The monoisotopic (exact) mass is 222 g/mol. The van der Waals surface area contributed by atoms with E-state index in [0.717, 1.165) is 16.7 Å². The third-order valence-electron chi connectivity index (χ3n) is 2.81. The maximum atomic E-state index is 8.90. The van der Waals surface area contributed by atoms with Gasteiger partial charge in [0.25, 0.3) is 0 Å². The van der Waals surface area contributed by atoms with Gasteiger partial charge >= 0.3 is 0 Å². The van der Waals surface area contributed by atoms with Gasteiger partial charge in [-0.15, -0.1) is 0 Å². The highest BCUT2D eigenvalue weighted by Gasteiger charge is 2.04. The largest absolute Gasteiger partial charge is 0.467 e. The van der Waals surface area contributed by atoms with E-state index in [1.165, 1.54) is 0 Å². The first-order chi connectivity index (χ1) is 8.36. The smallest absolute Gasteiger partial charge is 0.123 e. The van der Waals surface area contributed by atoms with Crippen LogP contribution in [0, 0.1) is 11.3 Å². The van der Waals surface area contributed by atoms with Gasteiger partial charge in [0.15, 0.2) is 0 Å². The molecule has 3 nitrogen and oxygen atoms in total. The number of hydrogen-bond donors (Lipinski definition) is 0. The lowest BCUT2D eigenvalue weighted by Gasteiger charge is -2.02. The molecule has 0 bridgehead atoms. The highest BCUT2D eigenvalue weighted by atomic mass is 16.3. The Hall–Kier alpha value is -2.47. The molecule has 0 N–H and O–H groups in total. The lowest BCUT2D eigenvalue weighted by atomic mass is 10.2. The van der Waals surface area contributed by atoms with E-state index >= 15 is 0 Å². The molecule has 2 aromatic heterocycles. The molecule has 3 heteroatoms. The number of nitrogens with zero attached hydrogens (tertiary/aromatic N) is 2. The molecule has 0 radical (unpaired) electrons. The summed E-state index contributed by atoms with van der Waals surface area (Å²) in [7, 11) is 0. The molecular weight excluding hydrogens is 212 g/mol. The van der Waals surface area contributed by atoms with E-state index in [9.17, 15) is 0 Å². The van der Waals surface area contributed by atoms with Gasteiger partial charge in [0.1, 0.15) is 5.76 Å². The van der Waals surface area contributed by atoms with Crippen molar-refractivity contribution in [2.24, 2.45) is 0 Å². The summed E-state index contributed by atoms with van der Waals surface area (Å²) in [5.41, 5.74) is 1.73. The molecule has 17 heavy (non-hydrogen) atoms. The average Bonchev–Trinajstić information content (AvgIpc) is 2.99. The number of benzene rings is 1. The lowest BCUT2D eigenvalue weighted by Crippen LogP contribution is -1.96. The van der Waals surface area contributed by atoms with Gasteiger partial charge < -0.3 is 8.98 Å². The van der Waals surface area contributed by atoms with Crippen molar-refractivity contribution in [1.29, 1.82) is 5.26 Å². The van der Waals surface area contributed by atoms with Crippen molar-refractivity contribution in [2.75, 3.05) is 0 Å². The fourth-order valence-electron chi connectivity index (χ4n) is 1.96. The summed E-state index contributed by atoms with van der Waals surface area (Å²) in [5.74, 6) is 0.907. The third-order valence-corrected chi connectivity index (χ3v) is 2.81. The van der Waals surface area contributed by atoms with Crippen LogP contribution < -0.4 is 0 Å². The molecule has 1 aromatic carbocycles. The zero-order chi connectivity index (χ0) is 11.7. The molecule has 0 saturated carbocycles. The van der Waals surface area contributed by atoms with Crippen molar-refractivity contribution in [3.8, 4) is 6.07 Å².